The summed E-state index contributed by atoms with van der Waals surface area (Å²) in [6, 6.07) is 3.98. The quantitative estimate of drug-likeness (QED) is 0.651. The van der Waals surface area contributed by atoms with E-state index in [4.69, 9.17) is 4.42 Å². The minimum absolute atomic E-state index is 1.01. The highest BCUT2D eigenvalue weighted by molar-refractivity contribution is 5.34. The second-order valence-corrected chi connectivity index (χ2v) is 3.60. The van der Waals surface area contributed by atoms with Crippen LogP contribution in [-0.2, 0) is 0 Å². The zero-order valence-electron chi connectivity index (χ0n) is 8.07. The van der Waals surface area contributed by atoms with E-state index in [1.165, 1.54) is 13.0 Å². The lowest BCUT2D eigenvalue weighted by atomic mass is 10.4. The zero-order valence-corrected chi connectivity index (χ0v) is 8.07. The summed E-state index contributed by atoms with van der Waals surface area (Å²) in [6.45, 7) is 4.50. The van der Waals surface area contributed by atoms with Crippen molar-refractivity contribution in [1.82, 2.24) is 4.90 Å². The first kappa shape index (κ1) is 8.63. The number of likely N-dealkylation sites (N-methyl/N-ethyl adjacent to an activating group) is 1. The molecule has 0 amide bonds. The first-order valence-electron chi connectivity index (χ1n) is 4.83. The Bertz CT molecular complexity index is 245. The van der Waals surface area contributed by atoms with Gasteiger partial charge in [0.1, 0.15) is 0 Å². The van der Waals surface area contributed by atoms with Gasteiger partial charge in [0, 0.05) is 25.7 Å². The van der Waals surface area contributed by atoms with Crippen LogP contribution in [0.25, 0.3) is 0 Å². The molecule has 0 spiro atoms. The van der Waals surface area contributed by atoms with Gasteiger partial charge in [-0.25, -0.2) is 0 Å². The van der Waals surface area contributed by atoms with E-state index in [-0.39, 0.29) is 0 Å². The Labute approximate surface area is 78.9 Å². The van der Waals surface area contributed by atoms with Crippen molar-refractivity contribution in [3.05, 3.63) is 18.4 Å². The molecular weight excluding hydrogens is 164 g/mol. The first-order valence-corrected chi connectivity index (χ1v) is 4.83. The van der Waals surface area contributed by atoms with Crippen LogP contribution in [0.1, 0.15) is 6.42 Å². The van der Waals surface area contributed by atoms with Crippen LogP contribution in [0.5, 0.6) is 0 Å². The number of hydrogen-bond donors (Lipinski definition) is 0. The van der Waals surface area contributed by atoms with Crippen molar-refractivity contribution in [2.75, 3.05) is 38.1 Å². The standard InChI is InChI=1S/C10H16N2O/c1-11-5-3-6-12(8-7-11)10-4-2-9-13-10/h2,4,9H,3,5-8H2,1H3. The van der Waals surface area contributed by atoms with Gasteiger partial charge in [0.2, 0.25) is 0 Å². The van der Waals surface area contributed by atoms with Gasteiger partial charge in [-0.15, -0.1) is 0 Å². The van der Waals surface area contributed by atoms with Crippen LogP contribution < -0.4 is 4.90 Å². The van der Waals surface area contributed by atoms with Crippen LogP contribution in [0.3, 0.4) is 0 Å². The van der Waals surface area contributed by atoms with Crippen molar-refractivity contribution in [1.29, 1.82) is 0 Å². The third-order valence-corrected chi connectivity index (χ3v) is 2.54. The Balaban J connectivity index is 2.00. The molecule has 0 saturated carbocycles. The fourth-order valence-electron chi connectivity index (χ4n) is 1.72. The molecule has 3 nitrogen and oxygen atoms in total. The van der Waals surface area contributed by atoms with Crippen LogP contribution in [0, 0.1) is 0 Å². The normalized spacial score (nSPS) is 20.2. The molecule has 0 aromatic carbocycles. The summed E-state index contributed by atoms with van der Waals surface area (Å²) in [6.07, 6.45) is 2.96. The molecule has 1 saturated heterocycles. The average Bonchev–Trinajstić information content (AvgIpc) is 2.56. The summed E-state index contributed by atoms with van der Waals surface area (Å²) in [4.78, 5) is 4.67. The van der Waals surface area contributed by atoms with E-state index in [1.807, 2.05) is 12.1 Å². The highest BCUT2D eigenvalue weighted by Crippen LogP contribution is 2.15. The van der Waals surface area contributed by atoms with Crippen molar-refractivity contribution < 1.29 is 4.42 Å². The summed E-state index contributed by atoms with van der Waals surface area (Å²) in [5.41, 5.74) is 0. The van der Waals surface area contributed by atoms with Crippen LogP contribution >= 0.6 is 0 Å². The second kappa shape index (κ2) is 3.83. The molecule has 1 aliphatic rings. The molecule has 0 aliphatic carbocycles. The smallest absolute Gasteiger partial charge is 0.195 e. The van der Waals surface area contributed by atoms with Crippen LogP contribution in [0.15, 0.2) is 22.8 Å². The Morgan fingerprint density at radius 2 is 2.15 bits per heavy atom. The van der Waals surface area contributed by atoms with E-state index < -0.39 is 0 Å². The summed E-state index contributed by atoms with van der Waals surface area (Å²) < 4.78 is 5.37. The summed E-state index contributed by atoms with van der Waals surface area (Å²) >= 11 is 0. The Morgan fingerprint density at radius 1 is 1.23 bits per heavy atom. The van der Waals surface area contributed by atoms with Crippen molar-refractivity contribution in [3.8, 4) is 0 Å². The molecule has 0 unspecified atom stereocenters. The third kappa shape index (κ3) is 2.04. The van der Waals surface area contributed by atoms with Gasteiger partial charge in [0.25, 0.3) is 0 Å². The molecule has 0 atom stereocenters. The van der Waals surface area contributed by atoms with E-state index in [1.54, 1.807) is 6.26 Å². The molecule has 1 aliphatic heterocycles. The first-order chi connectivity index (χ1) is 6.36. The summed E-state index contributed by atoms with van der Waals surface area (Å²) in [5, 5.41) is 0. The second-order valence-electron chi connectivity index (χ2n) is 3.60. The number of rotatable bonds is 1. The van der Waals surface area contributed by atoms with Gasteiger partial charge in [0.15, 0.2) is 5.88 Å². The fraction of sp³-hybridized carbons (Fsp3) is 0.600. The van der Waals surface area contributed by atoms with Crippen LogP contribution in [0.2, 0.25) is 0 Å². The predicted octanol–water partition coefficient (Wildman–Crippen LogP) is 1.42. The average molecular weight is 180 g/mol. The van der Waals surface area contributed by atoms with E-state index in [9.17, 15) is 0 Å². The van der Waals surface area contributed by atoms with E-state index in [0.717, 1.165) is 25.5 Å². The van der Waals surface area contributed by atoms with Crippen LogP contribution in [0.4, 0.5) is 5.88 Å². The Hall–Kier alpha value is -0.960. The number of anilines is 1. The molecule has 2 rings (SSSR count). The molecule has 0 radical (unpaired) electrons. The number of furan rings is 1. The maximum Gasteiger partial charge on any atom is 0.195 e. The zero-order chi connectivity index (χ0) is 9.10. The van der Waals surface area contributed by atoms with Gasteiger partial charge >= 0.3 is 0 Å². The predicted molar refractivity (Wildman–Crippen MR) is 53.0 cm³/mol. The van der Waals surface area contributed by atoms with E-state index in [2.05, 4.69) is 16.8 Å². The van der Waals surface area contributed by atoms with Gasteiger partial charge in [0.05, 0.1) is 6.26 Å². The van der Waals surface area contributed by atoms with Gasteiger partial charge in [-0.1, -0.05) is 0 Å². The molecule has 1 fully saturated rings. The minimum Gasteiger partial charge on any atom is -0.449 e. The van der Waals surface area contributed by atoms with E-state index in [0.29, 0.717) is 0 Å². The summed E-state index contributed by atoms with van der Waals surface area (Å²) in [7, 11) is 2.17. The SMILES string of the molecule is CN1CCCN(c2ccco2)CC1. The Morgan fingerprint density at radius 3 is 2.92 bits per heavy atom. The maximum atomic E-state index is 5.37. The van der Waals surface area contributed by atoms with Crippen molar-refractivity contribution in [3.63, 3.8) is 0 Å². The lowest BCUT2D eigenvalue weighted by Gasteiger charge is -2.19. The maximum absolute atomic E-state index is 5.37. The lowest BCUT2D eigenvalue weighted by molar-refractivity contribution is 0.359. The van der Waals surface area contributed by atoms with Crippen molar-refractivity contribution >= 4 is 5.88 Å². The van der Waals surface area contributed by atoms with Gasteiger partial charge in [-0.3, -0.25) is 0 Å². The van der Waals surface area contributed by atoms with Gasteiger partial charge in [-0.05, 0) is 26.1 Å². The summed E-state index contributed by atoms with van der Waals surface area (Å²) in [5.74, 6) is 1.01. The molecule has 2 heterocycles. The number of nitrogens with zero attached hydrogens (tertiary/aromatic N) is 2. The van der Waals surface area contributed by atoms with Gasteiger partial charge < -0.3 is 14.2 Å². The molecule has 0 N–H and O–H groups in total. The Kier molecular flexibility index (Phi) is 2.54. The largest absolute Gasteiger partial charge is 0.449 e. The molecule has 1 aromatic heterocycles. The number of hydrogen-bond acceptors (Lipinski definition) is 3. The molecule has 1 aromatic rings. The van der Waals surface area contributed by atoms with Crippen molar-refractivity contribution in [2.45, 2.75) is 6.42 Å². The molecule has 3 heteroatoms. The monoisotopic (exact) mass is 180 g/mol. The molecule has 13 heavy (non-hydrogen) atoms. The van der Waals surface area contributed by atoms with Gasteiger partial charge in [-0.2, -0.15) is 0 Å². The highest BCUT2D eigenvalue weighted by atomic mass is 16.3. The third-order valence-electron chi connectivity index (χ3n) is 2.54. The van der Waals surface area contributed by atoms with E-state index >= 15 is 0 Å². The highest BCUT2D eigenvalue weighted by Gasteiger charge is 2.13. The minimum atomic E-state index is 1.01. The molecule has 0 bridgehead atoms. The molecule has 72 valence electrons. The van der Waals surface area contributed by atoms with Crippen molar-refractivity contribution in [2.24, 2.45) is 0 Å². The van der Waals surface area contributed by atoms with Crippen LogP contribution in [-0.4, -0.2) is 38.1 Å². The topological polar surface area (TPSA) is 19.6 Å². The molecular formula is C10H16N2O. The fourth-order valence-corrected chi connectivity index (χ4v) is 1.72. The lowest BCUT2D eigenvalue weighted by Crippen LogP contribution is -2.28.